The third-order valence-electron chi connectivity index (χ3n) is 3.65. The fourth-order valence-electron chi connectivity index (χ4n) is 2.29. The molecule has 0 fully saturated rings. The van der Waals surface area contributed by atoms with Gasteiger partial charge in [-0.2, -0.15) is 0 Å². The van der Waals surface area contributed by atoms with E-state index in [1.54, 1.807) is 59.7 Å². The molecule has 8 nitrogen and oxygen atoms in total. The highest BCUT2D eigenvalue weighted by molar-refractivity contribution is 9.11. The molecule has 0 unspecified atom stereocenters. The Balaban J connectivity index is 1.52. The first kappa shape index (κ1) is 19.8. The molecule has 0 bridgehead atoms. The van der Waals surface area contributed by atoms with Crippen molar-refractivity contribution in [3.05, 3.63) is 69.3 Å². The number of carbonyl (C=O) groups is 3. The first-order valence-corrected chi connectivity index (χ1v) is 9.84. The van der Waals surface area contributed by atoms with Gasteiger partial charge in [0.25, 0.3) is 11.8 Å². The van der Waals surface area contributed by atoms with Crippen molar-refractivity contribution < 1.29 is 14.4 Å². The van der Waals surface area contributed by atoms with Gasteiger partial charge in [-0.1, -0.05) is 6.07 Å². The number of imidazole rings is 1. The molecule has 3 amide bonds. The maximum Gasteiger partial charge on any atom is 0.279 e. The summed E-state index contributed by atoms with van der Waals surface area (Å²) in [5.41, 5.74) is 5.53. The number of amides is 3. The zero-order valence-electron chi connectivity index (χ0n) is 14.5. The fraction of sp³-hybridized carbons (Fsp3) is 0.111. The Kier molecular flexibility index (Phi) is 6.56. The van der Waals surface area contributed by atoms with Crippen LogP contribution in [0.2, 0.25) is 0 Å². The monoisotopic (exact) mass is 461 g/mol. The van der Waals surface area contributed by atoms with Gasteiger partial charge in [0.1, 0.15) is 0 Å². The largest absolute Gasteiger partial charge is 0.337 e. The SMILES string of the molecule is O=C(CCn1ccnc1)Nc1cccc(C(=O)NNC(=O)c2ccc(Br)s2)c1. The molecule has 0 atom stereocenters. The third-order valence-corrected chi connectivity index (χ3v) is 5.27. The van der Waals surface area contributed by atoms with Crippen LogP contribution in [-0.4, -0.2) is 27.3 Å². The number of hydrogen-bond donors (Lipinski definition) is 3. The van der Waals surface area contributed by atoms with Crippen LogP contribution in [0.4, 0.5) is 5.69 Å². The summed E-state index contributed by atoms with van der Waals surface area (Å²) in [5.74, 6) is -1.07. The number of rotatable bonds is 6. The molecule has 28 heavy (non-hydrogen) atoms. The van der Waals surface area contributed by atoms with Crippen LogP contribution in [0.25, 0.3) is 0 Å². The second-order valence-corrected chi connectivity index (χ2v) is 8.15. The van der Waals surface area contributed by atoms with Gasteiger partial charge in [0.15, 0.2) is 0 Å². The number of thiophene rings is 1. The van der Waals surface area contributed by atoms with Crippen molar-refractivity contribution in [1.82, 2.24) is 20.4 Å². The van der Waals surface area contributed by atoms with Crippen molar-refractivity contribution in [3.63, 3.8) is 0 Å². The molecule has 0 saturated carbocycles. The summed E-state index contributed by atoms with van der Waals surface area (Å²) in [6, 6.07) is 9.87. The minimum atomic E-state index is -0.488. The van der Waals surface area contributed by atoms with Crippen molar-refractivity contribution in [3.8, 4) is 0 Å². The first-order chi connectivity index (χ1) is 13.5. The number of nitrogens with one attached hydrogen (secondary N) is 3. The van der Waals surface area contributed by atoms with E-state index in [0.717, 1.165) is 3.79 Å². The molecule has 3 aromatic rings. The number of aromatic nitrogens is 2. The van der Waals surface area contributed by atoms with E-state index >= 15 is 0 Å². The quantitative estimate of drug-likeness (QED) is 0.490. The molecule has 10 heteroatoms. The summed E-state index contributed by atoms with van der Waals surface area (Å²) >= 11 is 4.54. The summed E-state index contributed by atoms with van der Waals surface area (Å²) in [6.07, 6.45) is 5.35. The first-order valence-electron chi connectivity index (χ1n) is 8.23. The van der Waals surface area contributed by atoms with Crippen LogP contribution in [0, 0.1) is 0 Å². The maximum absolute atomic E-state index is 12.3. The van der Waals surface area contributed by atoms with E-state index in [1.165, 1.54) is 11.3 Å². The molecular weight excluding hydrogens is 446 g/mol. The molecular formula is C18H16BrN5O3S. The van der Waals surface area contributed by atoms with Crippen LogP contribution < -0.4 is 16.2 Å². The average molecular weight is 462 g/mol. The Labute approximate surface area is 173 Å². The number of hydrogen-bond acceptors (Lipinski definition) is 5. The van der Waals surface area contributed by atoms with E-state index in [-0.39, 0.29) is 12.3 Å². The van der Waals surface area contributed by atoms with Crippen LogP contribution in [0.3, 0.4) is 0 Å². The molecule has 0 saturated heterocycles. The van der Waals surface area contributed by atoms with E-state index in [0.29, 0.717) is 22.7 Å². The highest BCUT2D eigenvalue weighted by Crippen LogP contribution is 2.21. The van der Waals surface area contributed by atoms with Gasteiger partial charge >= 0.3 is 0 Å². The normalized spacial score (nSPS) is 10.3. The topological polar surface area (TPSA) is 105 Å². The van der Waals surface area contributed by atoms with Gasteiger partial charge in [-0.25, -0.2) is 4.98 Å². The van der Waals surface area contributed by atoms with Gasteiger partial charge in [0.05, 0.1) is 15.0 Å². The van der Waals surface area contributed by atoms with Gasteiger partial charge in [-0.3, -0.25) is 25.2 Å². The fourth-order valence-corrected chi connectivity index (χ4v) is 3.58. The second kappa shape index (κ2) is 9.29. The number of benzene rings is 1. The molecule has 0 aliphatic rings. The van der Waals surface area contributed by atoms with Crippen LogP contribution in [-0.2, 0) is 11.3 Å². The molecule has 2 heterocycles. The molecule has 0 radical (unpaired) electrons. The molecule has 0 aliphatic carbocycles. The summed E-state index contributed by atoms with van der Waals surface area (Å²) in [4.78, 5) is 40.7. The zero-order valence-corrected chi connectivity index (χ0v) is 16.9. The molecule has 3 N–H and O–H groups in total. The summed E-state index contributed by atoms with van der Waals surface area (Å²) in [5, 5.41) is 2.75. The predicted molar refractivity (Wildman–Crippen MR) is 109 cm³/mol. The number of aryl methyl sites for hydroxylation is 1. The van der Waals surface area contributed by atoms with Crippen molar-refractivity contribution in [2.45, 2.75) is 13.0 Å². The standard InChI is InChI=1S/C18H16BrN5O3S/c19-15-5-4-14(28-15)18(27)23-22-17(26)12-2-1-3-13(10-12)21-16(25)6-8-24-9-7-20-11-24/h1-5,7,9-11H,6,8H2,(H,21,25)(H,22,26)(H,23,27). The molecule has 144 valence electrons. The predicted octanol–water partition coefficient (Wildman–Crippen LogP) is 2.81. The van der Waals surface area contributed by atoms with Crippen molar-refractivity contribution in [1.29, 1.82) is 0 Å². The number of nitrogens with zero attached hydrogens (tertiary/aromatic N) is 2. The van der Waals surface area contributed by atoms with Gasteiger partial charge < -0.3 is 9.88 Å². The van der Waals surface area contributed by atoms with E-state index in [9.17, 15) is 14.4 Å². The average Bonchev–Trinajstić information content (AvgIpc) is 3.36. The Morgan fingerprint density at radius 2 is 1.93 bits per heavy atom. The van der Waals surface area contributed by atoms with Crippen molar-refractivity contribution >= 4 is 50.7 Å². The minimum Gasteiger partial charge on any atom is -0.337 e. The highest BCUT2D eigenvalue weighted by atomic mass is 79.9. The Hall–Kier alpha value is -2.98. The zero-order chi connectivity index (χ0) is 19.9. The third kappa shape index (κ3) is 5.51. The molecule has 2 aromatic heterocycles. The molecule has 1 aromatic carbocycles. The van der Waals surface area contributed by atoms with Crippen LogP contribution >= 0.6 is 27.3 Å². The van der Waals surface area contributed by atoms with E-state index in [2.05, 4.69) is 37.1 Å². The Morgan fingerprint density at radius 3 is 2.64 bits per heavy atom. The number of hydrazine groups is 1. The van der Waals surface area contributed by atoms with E-state index in [1.807, 2.05) is 0 Å². The highest BCUT2D eigenvalue weighted by Gasteiger charge is 2.12. The lowest BCUT2D eigenvalue weighted by molar-refractivity contribution is -0.116. The van der Waals surface area contributed by atoms with Crippen molar-refractivity contribution in [2.24, 2.45) is 0 Å². The smallest absolute Gasteiger partial charge is 0.279 e. The number of anilines is 1. The second-order valence-electron chi connectivity index (χ2n) is 5.69. The van der Waals surface area contributed by atoms with Gasteiger partial charge in [-0.05, 0) is 46.3 Å². The lowest BCUT2D eigenvalue weighted by Crippen LogP contribution is -2.41. The Morgan fingerprint density at radius 1 is 1.11 bits per heavy atom. The van der Waals surface area contributed by atoms with Crippen LogP contribution in [0.15, 0.2) is 58.9 Å². The summed E-state index contributed by atoms with van der Waals surface area (Å²) in [6.45, 7) is 0.511. The van der Waals surface area contributed by atoms with E-state index in [4.69, 9.17) is 0 Å². The summed E-state index contributed by atoms with van der Waals surface area (Å²) in [7, 11) is 0. The molecule has 3 rings (SSSR count). The lowest BCUT2D eigenvalue weighted by Gasteiger charge is -2.09. The van der Waals surface area contributed by atoms with E-state index < -0.39 is 11.8 Å². The van der Waals surface area contributed by atoms with Gasteiger partial charge in [0.2, 0.25) is 5.91 Å². The lowest BCUT2D eigenvalue weighted by atomic mass is 10.2. The number of halogens is 1. The maximum atomic E-state index is 12.3. The van der Waals surface area contributed by atoms with Crippen LogP contribution in [0.5, 0.6) is 0 Å². The molecule has 0 aliphatic heterocycles. The van der Waals surface area contributed by atoms with Crippen molar-refractivity contribution in [2.75, 3.05) is 5.32 Å². The van der Waals surface area contributed by atoms with Gasteiger partial charge in [0, 0.05) is 36.6 Å². The van der Waals surface area contributed by atoms with Gasteiger partial charge in [-0.15, -0.1) is 11.3 Å². The minimum absolute atomic E-state index is 0.178. The Bertz CT molecular complexity index is 987. The summed E-state index contributed by atoms with van der Waals surface area (Å²) < 4.78 is 2.62. The number of carbonyl (C=O) groups excluding carboxylic acids is 3. The molecule has 0 spiro atoms. The van der Waals surface area contributed by atoms with Crippen LogP contribution in [0.1, 0.15) is 26.5 Å².